The van der Waals surface area contributed by atoms with Crippen LogP contribution in [0.25, 0.3) is 5.57 Å². The summed E-state index contributed by atoms with van der Waals surface area (Å²) in [5.74, 6) is -1.44. The molecule has 1 aromatic carbocycles. The molecule has 1 saturated heterocycles. The van der Waals surface area contributed by atoms with Gasteiger partial charge in [0.1, 0.15) is 17.2 Å². The van der Waals surface area contributed by atoms with Crippen LogP contribution in [-0.4, -0.2) is 29.7 Å². The Morgan fingerprint density at radius 1 is 1.25 bits per heavy atom. The Hall–Kier alpha value is -2.42. The lowest BCUT2D eigenvalue weighted by Crippen LogP contribution is -2.40. The molecular formula is C18H20F2N2O2. The molecule has 0 spiro atoms. The highest BCUT2D eigenvalue weighted by Gasteiger charge is 2.26. The summed E-state index contributed by atoms with van der Waals surface area (Å²) in [5, 5.41) is 9.38. The van der Waals surface area contributed by atoms with Crippen molar-refractivity contribution >= 4 is 11.7 Å². The predicted molar refractivity (Wildman–Crippen MR) is 85.9 cm³/mol. The number of nitriles is 1. The molecule has 4 nitrogen and oxygen atoms in total. The van der Waals surface area contributed by atoms with E-state index in [1.807, 2.05) is 6.07 Å². The number of amides is 1. The topological polar surface area (TPSA) is 53.3 Å². The lowest BCUT2D eigenvalue weighted by Gasteiger charge is -2.31. The molecule has 0 bridgehead atoms. The Kier molecular flexibility index (Phi) is 5.23. The molecule has 1 fully saturated rings. The van der Waals surface area contributed by atoms with E-state index < -0.39 is 23.3 Å². The molecule has 128 valence electrons. The van der Waals surface area contributed by atoms with Crippen molar-refractivity contribution in [3.05, 3.63) is 41.0 Å². The van der Waals surface area contributed by atoms with E-state index in [4.69, 9.17) is 4.74 Å². The third-order valence-electron chi connectivity index (χ3n) is 3.68. The molecule has 0 unspecified atom stereocenters. The van der Waals surface area contributed by atoms with Crippen LogP contribution in [0.5, 0.6) is 0 Å². The monoisotopic (exact) mass is 334 g/mol. The van der Waals surface area contributed by atoms with Crippen LogP contribution in [0.4, 0.5) is 13.6 Å². The first kappa shape index (κ1) is 17.9. The first-order chi connectivity index (χ1) is 11.2. The maximum atomic E-state index is 13.9. The van der Waals surface area contributed by atoms with Gasteiger partial charge in [-0.15, -0.1) is 0 Å². The molecule has 0 saturated carbocycles. The Morgan fingerprint density at radius 3 is 2.38 bits per heavy atom. The minimum absolute atomic E-state index is 0.0969. The van der Waals surface area contributed by atoms with Crippen LogP contribution >= 0.6 is 0 Å². The van der Waals surface area contributed by atoms with E-state index in [1.54, 1.807) is 25.7 Å². The molecule has 1 amide bonds. The van der Waals surface area contributed by atoms with Gasteiger partial charge in [-0.3, -0.25) is 0 Å². The highest BCUT2D eigenvalue weighted by atomic mass is 19.1. The second kappa shape index (κ2) is 7.00. The molecule has 0 aromatic heterocycles. The summed E-state index contributed by atoms with van der Waals surface area (Å²) in [6, 6.07) is 5.19. The average Bonchev–Trinajstić information content (AvgIpc) is 2.49. The lowest BCUT2D eigenvalue weighted by molar-refractivity contribution is 0.0236. The Labute approximate surface area is 140 Å². The van der Waals surface area contributed by atoms with Crippen molar-refractivity contribution in [1.82, 2.24) is 4.90 Å². The number of benzene rings is 1. The van der Waals surface area contributed by atoms with Crippen LogP contribution in [0.1, 0.15) is 39.2 Å². The molecule has 24 heavy (non-hydrogen) atoms. The Bertz CT molecular complexity index is 705. The van der Waals surface area contributed by atoms with E-state index in [0.29, 0.717) is 25.9 Å². The van der Waals surface area contributed by atoms with E-state index >= 15 is 0 Å². The SMILES string of the molecule is CC(C)(C)OC(=O)N1CCC(=C(C#N)c2ccc(F)cc2F)CC1. The molecule has 1 aromatic rings. The van der Waals surface area contributed by atoms with Crippen molar-refractivity contribution in [2.75, 3.05) is 13.1 Å². The van der Waals surface area contributed by atoms with Gasteiger partial charge in [0, 0.05) is 24.7 Å². The molecule has 1 aliphatic rings. The van der Waals surface area contributed by atoms with Gasteiger partial charge >= 0.3 is 6.09 Å². The smallest absolute Gasteiger partial charge is 0.410 e. The van der Waals surface area contributed by atoms with Crippen molar-refractivity contribution in [1.29, 1.82) is 5.26 Å². The number of halogens is 2. The first-order valence-corrected chi connectivity index (χ1v) is 7.77. The Balaban J connectivity index is 2.15. The number of hydrogen-bond donors (Lipinski definition) is 0. The third kappa shape index (κ3) is 4.31. The van der Waals surface area contributed by atoms with Crippen LogP contribution in [-0.2, 0) is 4.74 Å². The van der Waals surface area contributed by atoms with Crippen LogP contribution < -0.4 is 0 Å². The largest absolute Gasteiger partial charge is 0.444 e. The minimum atomic E-state index is -0.756. The first-order valence-electron chi connectivity index (χ1n) is 7.77. The average molecular weight is 334 g/mol. The van der Waals surface area contributed by atoms with Gasteiger partial charge in [0.25, 0.3) is 0 Å². The van der Waals surface area contributed by atoms with Gasteiger partial charge in [0.05, 0.1) is 11.6 Å². The van der Waals surface area contributed by atoms with Crippen LogP contribution in [0.3, 0.4) is 0 Å². The number of hydrogen-bond acceptors (Lipinski definition) is 3. The van der Waals surface area contributed by atoms with Gasteiger partial charge in [0.15, 0.2) is 0 Å². The fourth-order valence-corrected chi connectivity index (χ4v) is 2.56. The molecule has 0 aliphatic carbocycles. The third-order valence-corrected chi connectivity index (χ3v) is 3.68. The summed E-state index contributed by atoms with van der Waals surface area (Å²) in [7, 11) is 0. The van der Waals surface area contributed by atoms with Gasteiger partial charge in [-0.1, -0.05) is 0 Å². The van der Waals surface area contributed by atoms with E-state index in [2.05, 4.69) is 0 Å². The quantitative estimate of drug-likeness (QED) is 0.721. The number of carbonyl (C=O) groups is 1. The summed E-state index contributed by atoms with van der Waals surface area (Å²) in [6.07, 6.45) is 0.519. The zero-order valence-corrected chi connectivity index (χ0v) is 14.0. The maximum absolute atomic E-state index is 13.9. The normalized spacial score (nSPS) is 15.0. The standard InChI is InChI=1S/C18H20F2N2O2/c1-18(2,3)24-17(23)22-8-6-12(7-9-22)15(11-21)14-5-4-13(19)10-16(14)20/h4-5,10H,6-9H2,1-3H3. The zero-order valence-electron chi connectivity index (χ0n) is 14.0. The van der Waals surface area contributed by atoms with E-state index in [-0.39, 0.29) is 11.1 Å². The zero-order chi connectivity index (χ0) is 17.9. The minimum Gasteiger partial charge on any atom is -0.444 e. The van der Waals surface area contributed by atoms with Gasteiger partial charge in [-0.25, -0.2) is 13.6 Å². The summed E-state index contributed by atoms with van der Waals surface area (Å²) < 4.78 is 32.3. The van der Waals surface area contributed by atoms with Crippen molar-refractivity contribution in [2.24, 2.45) is 0 Å². The van der Waals surface area contributed by atoms with Gasteiger partial charge < -0.3 is 9.64 Å². The molecule has 6 heteroatoms. The molecule has 1 aliphatic heterocycles. The van der Waals surface area contributed by atoms with Crippen LogP contribution in [0, 0.1) is 23.0 Å². The number of allylic oxidation sites excluding steroid dienone is 1. The number of rotatable bonds is 1. The highest BCUT2D eigenvalue weighted by Crippen LogP contribution is 2.28. The van der Waals surface area contributed by atoms with Crippen molar-refractivity contribution in [3.63, 3.8) is 0 Å². The number of ether oxygens (including phenoxy) is 1. The van der Waals surface area contributed by atoms with Crippen molar-refractivity contribution < 1.29 is 18.3 Å². The number of piperidine rings is 1. The van der Waals surface area contributed by atoms with Crippen molar-refractivity contribution in [2.45, 2.75) is 39.2 Å². The number of nitrogens with zero attached hydrogens (tertiary/aromatic N) is 2. The summed E-state index contributed by atoms with van der Waals surface area (Å²) in [5.41, 5.74) is 0.515. The predicted octanol–water partition coefficient (Wildman–Crippen LogP) is 4.27. The Morgan fingerprint density at radius 2 is 1.88 bits per heavy atom. The van der Waals surface area contributed by atoms with Gasteiger partial charge in [-0.2, -0.15) is 5.26 Å². The van der Waals surface area contributed by atoms with Crippen molar-refractivity contribution in [3.8, 4) is 6.07 Å². The molecule has 0 N–H and O–H groups in total. The van der Waals surface area contributed by atoms with E-state index in [1.165, 1.54) is 6.07 Å². The fourth-order valence-electron chi connectivity index (χ4n) is 2.56. The summed E-state index contributed by atoms with van der Waals surface area (Å²) in [4.78, 5) is 13.6. The molecule has 2 rings (SSSR count). The van der Waals surface area contributed by atoms with E-state index in [9.17, 15) is 18.8 Å². The second-order valence-electron chi connectivity index (χ2n) is 6.68. The maximum Gasteiger partial charge on any atom is 0.410 e. The molecule has 0 radical (unpaired) electrons. The fraction of sp³-hybridized carbons (Fsp3) is 0.444. The van der Waals surface area contributed by atoms with Gasteiger partial charge in [-0.05, 0) is 51.3 Å². The summed E-state index contributed by atoms with van der Waals surface area (Å²) in [6.45, 7) is 6.19. The molecular weight excluding hydrogens is 314 g/mol. The van der Waals surface area contributed by atoms with Crippen LogP contribution in [0.2, 0.25) is 0 Å². The molecule has 1 heterocycles. The lowest BCUT2D eigenvalue weighted by atomic mass is 9.93. The summed E-state index contributed by atoms with van der Waals surface area (Å²) >= 11 is 0. The molecule has 0 atom stereocenters. The number of carbonyl (C=O) groups excluding carboxylic acids is 1. The highest BCUT2D eigenvalue weighted by molar-refractivity contribution is 5.80. The number of likely N-dealkylation sites (tertiary alicyclic amines) is 1. The van der Waals surface area contributed by atoms with E-state index in [0.717, 1.165) is 17.7 Å². The van der Waals surface area contributed by atoms with Crippen LogP contribution in [0.15, 0.2) is 23.8 Å². The van der Waals surface area contributed by atoms with Gasteiger partial charge in [0.2, 0.25) is 0 Å². The second-order valence-corrected chi connectivity index (χ2v) is 6.68.